The molecule has 2 rings (SSSR count). The van der Waals surface area contributed by atoms with Crippen LogP contribution in [0.25, 0.3) is 0 Å². The maximum atomic E-state index is 2.63. The van der Waals surface area contributed by atoms with Gasteiger partial charge in [0.05, 0.1) is 26.7 Å². The molecule has 0 unspecified atom stereocenters. The molecular weight excluding hydrogens is 340 g/mol. The van der Waals surface area contributed by atoms with Crippen molar-refractivity contribution in [3.8, 4) is 0 Å². The average Bonchev–Trinajstić information content (AvgIpc) is 2.72. The number of quaternary nitrogens is 1. The highest BCUT2D eigenvalue weighted by atomic mass is 15.3. The lowest BCUT2D eigenvalue weighted by Crippen LogP contribution is -2.50. The minimum Gasteiger partial charge on any atom is -0.326 e. The molecule has 166 valence electrons. The van der Waals surface area contributed by atoms with Gasteiger partial charge in [0.15, 0.2) is 0 Å². The fraction of sp³-hybridized carbons (Fsp3) is 1.00. The Morgan fingerprint density at radius 3 is 1.79 bits per heavy atom. The van der Waals surface area contributed by atoms with Gasteiger partial charge in [0.1, 0.15) is 0 Å². The van der Waals surface area contributed by atoms with E-state index < -0.39 is 0 Å². The number of unbranched alkanes of at least 4 members (excludes halogenated alkanes) is 7. The summed E-state index contributed by atoms with van der Waals surface area (Å²) in [6.45, 7) is 12.9. The lowest BCUT2D eigenvalue weighted by atomic mass is 9.86. The van der Waals surface area contributed by atoms with Crippen LogP contribution in [0.3, 0.4) is 0 Å². The van der Waals surface area contributed by atoms with Crippen LogP contribution in [0.5, 0.6) is 0 Å². The van der Waals surface area contributed by atoms with Gasteiger partial charge in [0.25, 0.3) is 0 Å². The highest BCUT2D eigenvalue weighted by molar-refractivity contribution is 4.73. The molecule has 0 radical (unpaired) electrons. The van der Waals surface area contributed by atoms with Gasteiger partial charge >= 0.3 is 0 Å². The number of rotatable bonds is 14. The summed E-state index contributed by atoms with van der Waals surface area (Å²) in [4.78, 5) is 2.63. The molecule has 2 fully saturated rings. The van der Waals surface area contributed by atoms with E-state index in [2.05, 4.69) is 25.8 Å². The Morgan fingerprint density at radius 2 is 1.21 bits per heavy atom. The van der Waals surface area contributed by atoms with Gasteiger partial charge in [-0.3, -0.25) is 0 Å². The molecule has 0 aromatic carbocycles. The van der Waals surface area contributed by atoms with Crippen LogP contribution in [0.15, 0.2) is 0 Å². The first-order valence-corrected chi connectivity index (χ1v) is 13.2. The molecule has 2 aliphatic heterocycles. The quantitative estimate of drug-likeness (QED) is 0.229. The minimum atomic E-state index is 1.04. The van der Waals surface area contributed by atoms with Crippen LogP contribution in [-0.2, 0) is 0 Å². The Hall–Kier alpha value is -0.0800. The molecule has 0 N–H and O–H groups in total. The molecule has 0 aromatic rings. The second-order valence-corrected chi connectivity index (χ2v) is 10.5. The first-order valence-electron chi connectivity index (χ1n) is 13.2. The maximum absolute atomic E-state index is 2.63. The minimum absolute atomic E-state index is 1.04. The highest BCUT2D eigenvalue weighted by Crippen LogP contribution is 2.29. The summed E-state index contributed by atoms with van der Waals surface area (Å²) < 4.78 is 1.38. The zero-order chi connectivity index (χ0) is 20.1. The lowest BCUT2D eigenvalue weighted by molar-refractivity contribution is -0.915. The monoisotopic (exact) mass is 393 g/mol. The molecule has 0 aromatic heterocycles. The van der Waals surface area contributed by atoms with Crippen LogP contribution in [-0.4, -0.2) is 55.7 Å². The standard InChI is InChI=1S/C26H53N2/c1-4-6-7-8-9-10-11-12-22-28(3)23-18-26(19-24-28)15-13-14-25-16-20-27(5-2)21-17-25/h25-26H,4-24H2,1-3H3/q+1. The van der Waals surface area contributed by atoms with Crippen LogP contribution >= 0.6 is 0 Å². The number of hydrogen-bond donors (Lipinski definition) is 0. The molecule has 0 bridgehead atoms. The molecule has 2 nitrogen and oxygen atoms in total. The molecule has 0 aliphatic carbocycles. The summed E-state index contributed by atoms with van der Waals surface area (Å²) in [6.07, 6.45) is 22.1. The molecule has 28 heavy (non-hydrogen) atoms. The summed E-state index contributed by atoms with van der Waals surface area (Å²) in [5.41, 5.74) is 0. The van der Waals surface area contributed by atoms with Crippen molar-refractivity contribution in [3.05, 3.63) is 0 Å². The maximum Gasteiger partial charge on any atom is 0.0787 e. The second-order valence-electron chi connectivity index (χ2n) is 10.5. The van der Waals surface area contributed by atoms with E-state index in [1.165, 1.54) is 140 Å². The molecule has 2 heterocycles. The molecule has 0 atom stereocenters. The fourth-order valence-electron chi connectivity index (χ4n) is 5.67. The van der Waals surface area contributed by atoms with Crippen molar-refractivity contribution >= 4 is 0 Å². The third kappa shape index (κ3) is 9.61. The predicted octanol–water partition coefficient (Wildman–Crippen LogP) is 6.89. The molecule has 0 saturated carbocycles. The Kier molecular flexibility index (Phi) is 12.1. The Bertz CT molecular complexity index is 365. The topological polar surface area (TPSA) is 3.24 Å². The lowest BCUT2D eigenvalue weighted by Gasteiger charge is -2.41. The van der Waals surface area contributed by atoms with Crippen LogP contribution < -0.4 is 0 Å². The Labute approximate surface area is 178 Å². The molecule has 2 aliphatic rings. The Balaban J connectivity index is 1.46. The van der Waals surface area contributed by atoms with E-state index in [0.717, 1.165) is 11.8 Å². The van der Waals surface area contributed by atoms with E-state index in [4.69, 9.17) is 0 Å². The largest absolute Gasteiger partial charge is 0.326 e. The smallest absolute Gasteiger partial charge is 0.0787 e. The highest BCUT2D eigenvalue weighted by Gasteiger charge is 2.29. The number of nitrogens with zero attached hydrogens (tertiary/aromatic N) is 2. The molecule has 0 amide bonds. The average molecular weight is 394 g/mol. The zero-order valence-corrected chi connectivity index (χ0v) is 19.9. The first-order chi connectivity index (χ1) is 13.6. The van der Waals surface area contributed by atoms with Crippen molar-refractivity contribution in [1.29, 1.82) is 0 Å². The molecule has 2 saturated heterocycles. The van der Waals surface area contributed by atoms with E-state index in [1.807, 2.05) is 0 Å². The van der Waals surface area contributed by atoms with E-state index in [1.54, 1.807) is 0 Å². The van der Waals surface area contributed by atoms with Crippen LogP contribution in [0.2, 0.25) is 0 Å². The number of likely N-dealkylation sites (tertiary alicyclic amines) is 2. The number of piperidine rings is 2. The van der Waals surface area contributed by atoms with E-state index in [-0.39, 0.29) is 0 Å². The summed E-state index contributed by atoms with van der Waals surface area (Å²) in [5.74, 6) is 2.08. The fourth-order valence-corrected chi connectivity index (χ4v) is 5.67. The van der Waals surface area contributed by atoms with Gasteiger partial charge in [0, 0.05) is 0 Å². The van der Waals surface area contributed by atoms with Crippen LogP contribution in [0, 0.1) is 11.8 Å². The predicted molar refractivity (Wildman–Crippen MR) is 125 cm³/mol. The van der Waals surface area contributed by atoms with E-state index in [9.17, 15) is 0 Å². The molecular formula is C26H53N2+. The van der Waals surface area contributed by atoms with Gasteiger partial charge in [-0.25, -0.2) is 0 Å². The summed E-state index contributed by atoms with van der Waals surface area (Å²) in [6, 6.07) is 0. The van der Waals surface area contributed by atoms with Crippen molar-refractivity contribution in [2.75, 3.05) is 46.3 Å². The third-order valence-corrected chi connectivity index (χ3v) is 8.08. The van der Waals surface area contributed by atoms with Gasteiger partial charge in [-0.05, 0) is 70.0 Å². The van der Waals surface area contributed by atoms with E-state index >= 15 is 0 Å². The second kappa shape index (κ2) is 14.0. The molecule has 2 heteroatoms. The zero-order valence-electron chi connectivity index (χ0n) is 19.9. The Morgan fingerprint density at radius 1 is 0.679 bits per heavy atom. The van der Waals surface area contributed by atoms with Gasteiger partial charge in [-0.2, -0.15) is 0 Å². The third-order valence-electron chi connectivity index (χ3n) is 8.08. The van der Waals surface area contributed by atoms with Crippen molar-refractivity contribution in [2.24, 2.45) is 11.8 Å². The van der Waals surface area contributed by atoms with Crippen LogP contribution in [0.1, 0.15) is 110 Å². The normalized spacial score (nSPS) is 27.3. The summed E-state index contributed by atoms with van der Waals surface area (Å²) in [5, 5.41) is 0. The van der Waals surface area contributed by atoms with Crippen molar-refractivity contribution in [3.63, 3.8) is 0 Å². The van der Waals surface area contributed by atoms with Gasteiger partial charge in [0.2, 0.25) is 0 Å². The van der Waals surface area contributed by atoms with E-state index in [0.29, 0.717) is 0 Å². The molecule has 0 spiro atoms. The van der Waals surface area contributed by atoms with Gasteiger partial charge < -0.3 is 9.38 Å². The number of hydrogen-bond acceptors (Lipinski definition) is 1. The van der Waals surface area contributed by atoms with Gasteiger partial charge in [-0.1, -0.05) is 71.6 Å². The van der Waals surface area contributed by atoms with Crippen LogP contribution in [0.4, 0.5) is 0 Å². The van der Waals surface area contributed by atoms with Crippen molar-refractivity contribution in [2.45, 2.75) is 110 Å². The summed E-state index contributed by atoms with van der Waals surface area (Å²) in [7, 11) is 2.54. The van der Waals surface area contributed by atoms with Gasteiger partial charge in [-0.15, -0.1) is 0 Å². The van der Waals surface area contributed by atoms with Crippen molar-refractivity contribution in [1.82, 2.24) is 4.90 Å². The SMILES string of the molecule is CCCCCCCCCC[N+]1(C)CCC(CCCC2CCN(CC)CC2)CC1. The first kappa shape index (κ1) is 24.2. The summed E-state index contributed by atoms with van der Waals surface area (Å²) >= 11 is 0. The van der Waals surface area contributed by atoms with Crippen molar-refractivity contribution < 1.29 is 4.48 Å².